The molecule has 0 saturated heterocycles. The van der Waals surface area contributed by atoms with Gasteiger partial charge in [-0.25, -0.2) is 4.79 Å². The van der Waals surface area contributed by atoms with E-state index in [0.29, 0.717) is 28.8 Å². The molecule has 2 aliphatic rings. The van der Waals surface area contributed by atoms with Crippen molar-refractivity contribution >= 4 is 17.4 Å². The first-order valence-corrected chi connectivity index (χ1v) is 8.59. The van der Waals surface area contributed by atoms with Crippen LogP contribution in [0, 0.1) is 10.1 Å². The number of nitrogens with zero attached hydrogens (tertiary/aromatic N) is 1. The molecule has 26 heavy (non-hydrogen) atoms. The smallest absolute Gasteiger partial charge is 0.336 e. The van der Waals surface area contributed by atoms with Gasteiger partial charge in [-0.3, -0.25) is 14.9 Å². The molecule has 1 heterocycles. The number of ketones is 1. The van der Waals surface area contributed by atoms with Gasteiger partial charge in [-0.05, 0) is 32.3 Å². The zero-order chi connectivity index (χ0) is 18.8. The summed E-state index contributed by atoms with van der Waals surface area (Å²) in [7, 11) is 0. The van der Waals surface area contributed by atoms with Crippen molar-refractivity contribution in [3.05, 3.63) is 62.5 Å². The second-order valence-electron chi connectivity index (χ2n) is 6.33. The second kappa shape index (κ2) is 7.11. The van der Waals surface area contributed by atoms with Crippen LogP contribution in [0.4, 0.5) is 5.69 Å². The monoisotopic (exact) mass is 356 g/mol. The Morgan fingerprint density at radius 1 is 1.31 bits per heavy atom. The van der Waals surface area contributed by atoms with E-state index in [-0.39, 0.29) is 18.1 Å². The molecule has 0 amide bonds. The van der Waals surface area contributed by atoms with Crippen LogP contribution in [0.1, 0.15) is 44.6 Å². The number of dihydropyridines is 1. The van der Waals surface area contributed by atoms with Crippen molar-refractivity contribution in [2.45, 2.75) is 39.0 Å². The number of Topliss-reactive ketones (excluding diaryl/α,β-unsaturated/α-hetero) is 1. The van der Waals surface area contributed by atoms with E-state index < -0.39 is 16.8 Å². The van der Waals surface area contributed by atoms with Crippen molar-refractivity contribution in [1.82, 2.24) is 5.32 Å². The molecular weight excluding hydrogens is 336 g/mol. The topological polar surface area (TPSA) is 98.5 Å². The molecule has 0 unspecified atom stereocenters. The van der Waals surface area contributed by atoms with E-state index in [1.807, 2.05) is 0 Å². The van der Waals surface area contributed by atoms with Gasteiger partial charge in [0.05, 0.1) is 17.1 Å². The predicted octanol–water partition coefficient (Wildman–Crippen LogP) is 3.13. The van der Waals surface area contributed by atoms with Crippen molar-refractivity contribution in [3.63, 3.8) is 0 Å². The molecule has 0 bridgehead atoms. The first-order valence-electron chi connectivity index (χ1n) is 8.59. The molecule has 1 aromatic rings. The normalized spacial score (nSPS) is 19.8. The zero-order valence-corrected chi connectivity index (χ0v) is 14.7. The molecule has 0 radical (unpaired) electrons. The summed E-state index contributed by atoms with van der Waals surface area (Å²) in [4.78, 5) is 35.7. The number of carbonyl (C=O) groups excluding carboxylic acids is 2. The number of carbonyl (C=O) groups is 2. The van der Waals surface area contributed by atoms with E-state index in [9.17, 15) is 19.7 Å². The molecule has 1 aliphatic carbocycles. The maximum absolute atomic E-state index is 12.6. The average molecular weight is 356 g/mol. The maximum atomic E-state index is 12.6. The highest BCUT2D eigenvalue weighted by Gasteiger charge is 2.39. The van der Waals surface area contributed by atoms with E-state index in [4.69, 9.17) is 4.74 Å². The van der Waals surface area contributed by atoms with Gasteiger partial charge in [-0.1, -0.05) is 12.1 Å². The van der Waals surface area contributed by atoms with Gasteiger partial charge in [0.15, 0.2) is 5.78 Å². The fraction of sp³-hybridized carbons (Fsp3) is 0.368. The van der Waals surface area contributed by atoms with Crippen LogP contribution < -0.4 is 5.32 Å². The van der Waals surface area contributed by atoms with Crippen LogP contribution in [0.15, 0.2) is 46.8 Å². The Morgan fingerprint density at radius 3 is 2.62 bits per heavy atom. The van der Waals surface area contributed by atoms with Crippen LogP contribution in [0.25, 0.3) is 0 Å². The Labute approximate surface area is 150 Å². The minimum absolute atomic E-state index is 0.00333. The van der Waals surface area contributed by atoms with Crippen LogP contribution in [0.2, 0.25) is 0 Å². The molecule has 136 valence electrons. The first-order chi connectivity index (χ1) is 12.4. The van der Waals surface area contributed by atoms with E-state index in [1.165, 1.54) is 12.1 Å². The van der Waals surface area contributed by atoms with Crippen molar-refractivity contribution < 1.29 is 19.2 Å². The fourth-order valence-electron chi connectivity index (χ4n) is 3.58. The standard InChI is InChI=1S/C19H20N2O5/c1-3-26-19(23)16-11(2)20-14-5-4-6-15(22)18(14)17(16)12-7-9-13(10-8-12)21(24)25/h7-10,17,20H,3-6H2,1-2H3/t17-/m1/s1. The summed E-state index contributed by atoms with van der Waals surface area (Å²) in [6.45, 7) is 3.73. The summed E-state index contributed by atoms with van der Waals surface area (Å²) in [6, 6.07) is 5.99. The molecule has 1 aromatic carbocycles. The van der Waals surface area contributed by atoms with Crippen LogP contribution in [0.3, 0.4) is 0 Å². The lowest BCUT2D eigenvalue weighted by atomic mass is 9.75. The molecule has 1 atom stereocenters. The van der Waals surface area contributed by atoms with Gasteiger partial charge in [-0.2, -0.15) is 0 Å². The molecule has 0 saturated carbocycles. The van der Waals surface area contributed by atoms with Gasteiger partial charge in [0, 0.05) is 41.4 Å². The quantitative estimate of drug-likeness (QED) is 0.505. The Bertz CT molecular complexity index is 836. The third kappa shape index (κ3) is 3.12. The number of nitro benzene ring substituents is 1. The number of ether oxygens (including phenoxy) is 1. The highest BCUT2D eigenvalue weighted by molar-refractivity contribution is 6.03. The molecule has 0 spiro atoms. The van der Waals surface area contributed by atoms with Crippen molar-refractivity contribution in [2.24, 2.45) is 0 Å². The van der Waals surface area contributed by atoms with Gasteiger partial charge in [0.25, 0.3) is 5.69 Å². The van der Waals surface area contributed by atoms with Gasteiger partial charge < -0.3 is 10.1 Å². The predicted molar refractivity (Wildman–Crippen MR) is 94.2 cm³/mol. The summed E-state index contributed by atoms with van der Waals surface area (Å²) < 4.78 is 5.20. The molecule has 0 aromatic heterocycles. The molecular formula is C19H20N2O5. The minimum atomic E-state index is -0.570. The zero-order valence-electron chi connectivity index (χ0n) is 14.7. The van der Waals surface area contributed by atoms with Gasteiger partial charge in [-0.15, -0.1) is 0 Å². The van der Waals surface area contributed by atoms with E-state index in [0.717, 1.165) is 18.5 Å². The summed E-state index contributed by atoms with van der Waals surface area (Å²) in [5, 5.41) is 14.1. The van der Waals surface area contributed by atoms with Crippen LogP contribution in [-0.2, 0) is 14.3 Å². The van der Waals surface area contributed by atoms with Gasteiger partial charge >= 0.3 is 5.97 Å². The fourth-order valence-corrected chi connectivity index (χ4v) is 3.58. The number of hydrogen-bond acceptors (Lipinski definition) is 6. The number of benzene rings is 1. The van der Waals surface area contributed by atoms with Crippen molar-refractivity contribution in [1.29, 1.82) is 0 Å². The molecule has 3 rings (SSSR count). The Balaban J connectivity index is 2.13. The lowest BCUT2D eigenvalue weighted by molar-refractivity contribution is -0.384. The average Bonchev–Trinajstić information content (AvgIpc) is 2.61. The largest absolute Gasteiger partial charge is 0.463 e. The Morgan fingerprint density at radius 2 is 2.00 bits per heavy atom. The van der Waals surface area contributed by atoms with Gasteiger partial charge in [0.2, 0.25) is 0 Å². The molecule has 0 fully saturated rings. The minimum Gasteiger partial charge on any atom is -0.463 e. The lowest BCUT2D eigenvalue weighted by Crippen LogP contribution is -2.34. The highest BCUT2D eigenvalue weighted by Crippen LogP contribution is 2.42. The lowest BCUT2D eigenvalue weighted by Gasteiger charge is -2.34. The summed E-state index contributed by atoms with van der Waals surface area (Å²) in [5.74, 6) is -1.05. The first kappa shape index (κ1) is 17.8. The maximum Gasteiger partial charge on any atom is 0.336 e. The summed E-state index contributed by atoms with van der Waals surface area (Å²) in [5.41, 5.74) is 3.07. The van der Waals surface area contributed by atoms with Crippen LogP contribution in [0.5, 0.6) is 0 Å². The Kier molecular flexibility index (Phi) is 4.88. The number of hydrogen-bond donors (Lipinski definition) is 1. The molecule has 7 heteroatoms. The third-order valence-corrected chi connectivity index (χ3v) is 4.71. The summed E-state index contributed by atoms with van der Waals surface area (Å²) >= 11 is 0. The number of nitro groups is 1. The highest BCUT2D eigenvalue weighted by atomic mass is 16.6. The molecule has 1 N–H and O–H groups in total. The van der Waals surface area contributed by atoms with Crippen LogP contribution in [-0.4, -0.2) is 23.3 Å². The van der Waals surface area contributed by atoms with Crippen molar-refractivity contribution in [2.75, 3.05) is 6.61 Å². The number of rotatable bonds is 4. The number of nitrogens with one attached hydrogen (secondary N) is 1. The SMILES string of the molecule is CCOC(=O)C1=C(C)NC2=C(C(=O)CCC2)[C@@H]1c1ccc([N+](=O)[O-])cc1. The van der Waals surface area contributed by atoms with E-state index >= 15 is 0 Å². The van der Waals surface area contributed by atoms with E-state index in [2.05, 4.69) is 5.32 Å². The molecule has 1 aliphatic heterocycles. The Hall–Kier alpha value is -2.96. The number of non-ortho nitro benzene ring substituents is 1. The van der Waals surface area contributed by atoms with Crippen LogP contribution >= 0.6 is 0 Å². The third-order valence-electron chi connectivity index (χ3n) is 4.71. The summed E-state index contributed by atoms with van der Waals surface area (Å²) in [6.07, 6.45) is 1.93. The van der Waals surface area contributed by atoms with Gasteiger partial charge in [0.1, 0.15) is 0 Å². The number of allylic oxidation sites excluding steroid dienone is 3. The second-order valence-corrected chi connectivity index (χ2v) is 6.33. The molecule has 7 nitrogen and oxygen atoms in total. The number of esters is 1. The van der Waals surface area contributed by atoms with Crippen molar-refractivity contribution in [3.8, 4) is 0 Å². The van der Waals surface area contributed by atoms with E-state index in [1.54, 1.807) is 26.0 Å².